The van der Waals surface area contributed by atoms with Crippen molar-refractivity contribution in [3.8, 4) is 0 Å². The molecule has 1 nitrogen and oxygen atoms in total. The first-order valence-electron chi connectivity index (χ1n) is 5.90. The third-order valence-corrected chi connectivity index (χ3v) is 5.11. The highest BCUT2D eigenvalue weighted by molar-refractivity contribution is 14.1. The van der Waals surface area contributed by atoms with Gasteiger partial charge in [-0.25, -0.2) is 0 Å². The van der Waals surface area contributed by atoms with E-state index in [1.54, 1.807) is 11.5 Å². The maximum Gasteiger partial charge on any atom is 0.0595 e. The zero-order chi connectivity index (χ0) is 13.1. The maximum absolute atomic E-state index is 4.54. The summed E-state index contributed by atoms with van der Waals surface area (Å²) in [7, 11) is 0. The first-order valence-corrected chi connectivity index (χ1v) is 8.97. The summed E-state index contributed by atoms with van der Waals surface area (Å²) < 4.78 is 4.74. The lowest BCUT2D eigenvalue weighted by Crippen LogP contribution is -2.11. The van der Waals surface area contributed by atoms with Crippen molar-refractivity contribution in [3.05, 3.63) is 16.6 Å². The van der Waals surface area contributed by atoms with Gasteiger partial charge in [0.1, 0.15) is 0 Å². The van der Waals surface area contributed by atoms with E-state index >= 15 is 0 Å². The fourth-order valence-electron chi connectivity index (χ4n) is 1.47. The summed E-state index contributed by atoms with van der Waals surface area (Å²) in [6, 6.07) is 0. The number of halogens is 1. The molecule has 0 saturated carbocycles. The van der Waals surface area contributed by atoms with Gasteiger partial charge in [0.2, 0.25) is 0 Å². The summed E-state index contributed by atoms with van der Waals surface area (Å²) in [5, 5.41) is 2.20. The van der Waals surface area contributed by atoms with Crippen LogP contribution in [0.3, 0.4) is 0 Å². The van der Waals surface area contributed by atoms with E-state index in [9.17, 15) is 0 Å². The molecule has 1 aromatic rings. The number of aromatic nitrogens is 1. The van der Waals surface area contributed by atoms with E-state index in [4.69, 9.17) is 0 Å². The van der Waals surface area contributed by atoms with Crippen LogP contribution in [0.4, 0.5) is 0 Å². The van der Waals surface area contributed by atoms with Crippen LogP contribution in [0.5, 0.6) is 0 Å². The Kier molecular flexibility index (Phi) is 5.79. The maximum atomic E-state index is 4.54. The smallest absolute Gasteiger partial charge is 0.0595 e. The summed E-state index contributed by atoms with van der Waals surface area (Å²) in [6.45, 7) is 11.4. The minimum absolute atomic E-state index is 0.203. The van der Waals surface area contributed by atoms with E-state index in [2.05, 4.69) is 67.0 Å². The lowest BCUT2D eigenvalue weighted by molar-refractivity contribution is 0.481. The molecule has 0 unspecified atom stereocenters. The molecule has 1 aromatic heterocycles. The normalized spacial score (nSPS) is 13.1. The molecule has 0 aromatic carbocycles. The van der Waals surface area contributed by atoms with Crippen molar-refractivity contribution in [1.29, 1.82) is 0 Å². The van der Waals surface area contributed by atoms with Crippen LogP contribution < -0.4 is 0 Å². The summed E-state index contributed by atoms with van der Waals surface area (Å²) in [5.41, 5.74) is 3.15. The van der Waals surface area contributed by atoms with Gasteiger partial charge in [-0.2, -0.15) is 16.1 Å². The van der Waals surface area contributed by atoms with E-state index < -0.39 is 0 Å². The Bertz CT molecular complexity index is 347. The molecule has 1 rings (SSSR count). The predicted molar refractivity (Wildman–Crippen MR) is 89.6 cm³/mol. The van der Waals surface area contributed by atoms with Gasteiger partial charge in [0.05, 0.1) is 5.69 Å². The molecule has 17 heavy (non-hydrogen) atoms. The number of hydrogen-bond acceptors (Lipinski definition) is 3. The SMILES string of the molecule is CC(C)(C)CSCCc1nscc1C(C)(C)I. The zero-order valence-electron chi connectivity index (χ0n) is 11.3. The Hall–Kier alpha value is 0.710. The third kappa shape index (κ3) is 5.92. The molecule has 0 atom stereocenters. The molecular formula is C13H22INS2. The van der Waals surface area contributed by atoms with E-state index in [0.29, 0.717) is 5.41 Å². The van der Waals surface area contributed by atoms with Gasteiger partial charge in [0.15, 0.2) is 0 Å². The summed E-state index contributed by atoms with van der Waals surface area (Å²) in [6.07, 6.45) is 1.10. The monoisotopic (exact) mass is 383 g/mol. The highest BCUT2D eigenvalue weighted by Crippen LogP contribution is 2.34. The van der Waals surface area contributed by atoms with Crippen molar-refractivity contribution >= 4 is 45.9 Å². The first kappa shape index (κ1) is 15.8. The molecule has 0 N–H and O–H groups in total. The van der Waals surface area contributed by atoms with Crippen molar-refractivity contribution < 1.29 is 0 Å². The van der Waals surface area contributed by atoms with Crippen molar-refractivity contribution in [2.24, 2.45) is 5.41 Å². The highest BCUT2D eigenvalue weighted by Gasteiger charge is 2.21. The Morgan fingerprint density at radius 1 is 1.29 bits per heavy atom. The van der Waals surface area contributed by atoms with Crippen molar-refractivity contribution in [3.63, 3.8) is 0 Å². The van der Waals surface area contributed by atoms with Gasteiger partial charge in [0, 0.05) is 20.8 Å². The molecule has 0 amide bonds. The van der Waals surface area contributed by atoms with Gasteiger partial charge < -0.3 is 0 Å². The predicted octanol–water partition coefficient (Wildman–Crippen LogP) is 5.14. The van der Waals surface area contributed by atoms with Crippen LogP contribution in [0.15, 0.2) is 5.38 Å². The van der Waals surface area contributed by atoms with E-state index in [1.807, 2.05) is 11.8 Å². The Balaban J connectivity index is 2.45. The van der Waals surface area contributed by atoms with Crippen LogP contribution in [0.25, 0.3) is 0 Å². The number of alkyl halides is 1. The molecule has 0 spiro atoms. The van der Waals surface area contributed by atoms with Crippen molar-refractivity contribution in [1.82, 2.24) is 4.37 Å². The molecule has 4 heteroatoms. The number of rotatable bonds is 5. The van der Waals surface area contributed by atoms with E-state index in [0.717, 1.165) is 6.42 Å². The van der Waals surface area contributed by atoms with Gasteiger partial charge in [-0.15, -0.1) is 0 Å². The third-order valence-electron chi connectivity index (χ3n) is 2.30. The van der Waals surface area contributed by atoms with Crippen molar-refractivity contribution in [2.75, 3.05) is 11.5 Å². The fourth-order valence-corrected chi connectivity index (χ4v) is 4.15. The standard InChI is InChI=1S/C13H22INS2/c1-12(2,3)9-16-7-6-11-10(8-17-15-11)13(4,5)14/h8H,6-7,9H2,1-5H3. The fraction of sp³-hybridized carbons (Fsp3) is 0.769. The van der Waals surface area contributed by atoms with Gasteiger partial charge in [-0.3, -0.25) is 0 Å². The highest BCUT2D eigenvalue weighted by atomic mass is 127. The number of aryl methyl sites for hydroxylation is 1. The summed E-state index contributed by atoms with van der Waals surface area (Å²) in [4.78, 5) is 0. The summed E-state index contributed by atoms with van der Waals surface area (Å²) in [5.74, 6) is 2.40. The average Bonchev–Trinajstić information content (AvgIpc) is 2.58. The van der Waals surface area contributed by atoms with Gasteiger partial charge >= 0.3 is 0 Å². The molecule has 1 heterocycles. The second kappa shape index (κ2) is 6.24. The van der Waals surface area contributed by atoms with Crippen LogP contribution in [-0.2, 0) is 9.84 Å². The second-order valence-electron chi connectivity index (χ2n) is 6.01. The minimum Gasteiger partial charge on any atom is -0.197 e. The number of hydrogen-bond donors (Lipinski definition) is 0. The summed E-state index contributed by atoms with van der Waals surface area (Å²) >= 11 is 6.13. The second-order valence-corrected chi connectivity index (χ2v) is 10.4. The quantitative estimate of drug-likeness (QED) is 0.397. The first-order chi connectivity index (χ1) is 7.70. The molecule has 0 fully saturated rings. The number of thioether (sulfide) groups is 1. The van der Waals surface area contributed by atoms with Crippen LogP contribution in [0.1, 0.15) is 45.9 Å². The van der Waals surface area contributed by atoms with Gasteiger partial charge in [-0.1, -0.05) is 43.4 Å². The topological polar surface area (TPSA) is 12.9 Å². The Morgan fingerprint density at radius 2 is 1.94 bits per heavy atom. The lowest BCUT2D eigenvalue weighted by Gasteiger charge is -2.18. The molecule has 0 saturated heterocycles. The molecule has 98 valence electrons. The van der Waals surface area contributed by atoms with Crippen LogP contribution in [0, 0.1) is 5.41 Å². The largest absolute Gasteiger partial charge is 0.197 e. The minimum atomic E-state index is 0.203. The van der Waals surface area contributed by atoms with E-state index in [-0.39, 0.29) is 3.42 Å². The van der Waals surface area contributed by atoms with Gasteiger partial charge in [0.25, 0.3) is 0 Å². The van der Waals surface area contributed by atoms with Gasteiger partial charge in [-0.05, 0) is 42.3 Å². The van der Waals surface area contributed by atoms with Crippen LogP contribution in [-0.4, -0.2) is 15.9 Å². The van der Waals surface area contributed by atoms with Crippen LogP contribution in [0.2, 0.25) is 0 Å². The molecule has 0 aliphatic carbocycles. The van der Waals surface area contributed by atoms with Crippen molar-refractivity contribution in [2.45, 2.75) is 44.5 Å². The molecule has 0 radical (unpaired) electrons. The van der Waals surface area contributed by atoms with E-state index in [1.165, 1.54) is 22.8 Å². The molecule has 0 aliphatic heterocycles. The zero-order valence-corrected chi connectivity index (χ0v) is 15.1. The Morgan fingerprint density at radius 3 is 2.47 bits per heavy atom. The Labute approximate surface area is 127 Å². The van der Waals surface area contributed by atoms with Crippen LogP contribution >= 0.6 is 45.9 Å². The lowest BCUT2D eigenvalue weighted by atomic mass is 10.0. The molecular weight excluding hydrogens is 361 g/mol. The number of nitrogens with zero attached hydrogens (tertiary/aromatic N) is 1. The molecule has 0 bridgehead atoms. The average molecular weight is 383 g/mol. The molecule has 0 aliphatic rings.